The summed E-state index contributed by atoms with van der Waals surface area (Å²) in [5.74, 6) is 1.31. The lowest BCUT2D eigenvalue weighted by Gasteiger charge is -2.26. The summed E-state index contributed by atoms with van der Waals surface area (Å²) in [5.41, 5.74) is 4.71. The molecule has 5 heteroatoms. The van der Waals surface area contributed by atoms with Gasteiger partial charge in [-0.1, -0.05) is 19.3 Å². The van der Waals surface area contributed by atoms with Crippen LogP contribution in [0.5, 0.6) is 0 Å². The quantitative estimate of drug-likeness (QED) is 0.622. The van der Waals surface area contributed by atoms with Gasteiger partial charge in [0.25, 0.3) is 5.91 Å². The van der Waals surface area contributed by atoms with Crippen LogP contribution in [0, 0.1) is 20.8 Å². The summed E-state index contributed by atoms with van der Waals surface area (Å²) in [6.07, 6.45) is 8.01. The van der Waals surface area contributed by atoms with Crippen molar-refractivity contribution in [2.75, 3.05) is 5.32 Å². The van der Waals surface area contributed by atoms with Gasteiger partial charge in [0.2, 0.25) is 0 Å². The monoisotopic (exact) mass is 377 g/mol. The van der Waals surface area contributed by atoms with Crippen molar-refractivity contribution < 1.29 is 9.21 Å². The van der Waals surface area contributed by atoms with E-state index in [1.54, 1.807) is 6.20 Å². The molecule has 0 aliphatic heterocycles. The minimum absolute atomic E-state index is 0.0570. The molecule has 0 spiro atoms. The molecule has 1 aliphatic rings. The van der Waals surface area contributed by atoms with Crippen molar-refractivity contribution in [3.05, 3.63) is 59.4 Å². The average Bonchev–Trinajstić information content (AvgIpc) is 3.26. The first-order valence-corrected chi connectivity index (χ1v) is 10.1. The Morgan fingerprint density at radius 1 is 1.11 bits per heavy atom. The van der Waals surface area contributed by atoms with E-state index >= 15 is 0 Å². The fourth-order valence-electron chi connectivity index (χ4n) is 4.32. The third-order valence-electron chi connectivity index (χ3n) is 5.72. The molecule has 146 valence electrons. The molecule has 1 amide bonds. The topological polar surface area (TPSA) is 60.1 Å². The summed E-state index contributed by atoms with van der Waals surface area (Å²) in [5, 5.41) is 3.03. The SMILES string of the molecule is Cc1ncc(-c2ccc(NC(=O)c3cc(C)n(C4CCCCC4)c3C)cc2)o1. The first-order chi connectivity index (χ1) is 13.5. The van der Waals surface area contributed by atoms with E-state index in [-0.39, 0.29) is 5.91 Å². The van der Waals surface area contributed by atoms with Crippen LogP contribution in [-0.2, 0) is 0 Å². The Labute approximate surface area is 165 Å². The first kappa shape index (κ1) is 18.5. The van der Waals surface area contributed by atoms with E-state index in [2.05, 4.69) is 28.7 Å². The number of anilines is 1. The van der Waals surface area contributed by atoms with Crippen molar-refractivity contribution in [3.63, 3.8) is 0 Å². The third-order valence-corrected chi connectivity index (χ3v) is 5.72. The maximum Gasteiger partial charge on any atom is 0.257 e. The fourth-order valence-corrected chi connectivity index (χ4v) is 4.32. The van der Waals surface area contributed by atoms with Crippen LogP contribution in [0.25, 0.3) is 11.3 Å². The molecule has 1 aromatic carbocycles. The Morgan fingerprint density at radius 3 is 2.46 bits per heavy atom. The number of carbonyl (C=O) groups excluding carboxylic acids is 1. The van der Waals surface area contributed by atoms with Crippen LogP contribution in [0.2, 0.25) is 0 Å². The molecular formula is C23H27N3O2. The molecule has 0 bridgehead atoms. The summed E-state index contributed by atoms with van der Waals surface area (Å²) in [6.45, 7) is 5.99. The molecular weight excluding hydrogens is 350 g/mol. The van der Waals surface area contributed by atoms with E-state index in [0.717, 1.165) is 28.3 Å². The molecule has 1 fully saturated rings. The second-order valence-electron chi connectivity index (χ2n) is 7.72. The van der Waals surface area contributed by atoms with Gasteiger partial charge in [-0.15, -0.1) is 0 Å². The van der Waals surface area contributed by atoms with Crippen LogP contribution in [0.1, 0.15) is 65.8 Å². The highest BCUT2D eigenvalue weighted by Crippen LogP contribution is 2.32. The molecule has 0 saturated heterocycles. The molecule has 1 aliphatic carbocycles. The van der Waals surface area contributed by atoms with Crippen molar-refractivity contribution in [2.45, 2.75) is 58.9 Å². The van der Waals surface area contributed by atoms with Crippen LogP contribution in [0.3, 0.4) is 0 Å². The highest BCUT2D eigenvalue weighted by Gasteiger charge is 2.22. The third kappa shape index (κ3) is 3.61. The highest BCUT2D eigenvalue weighted by atomic mass is 16.4. The van der Waals surface area contributed by atoms with Crippen molar-refractivity contribution in [1.29, 1.82) is 0 Å². The molecule has 1 saturated carbocycles. The number of nitrogens with one attached hydrogen (secondary N) is 1. The van der Waals surface area contributed by atoms with Crippen molar-refractivity contribution >= 4 is 11.6 Å². The summed E-state index contributed by atoms with van der Waals surface area (Å²) < 4.78 is 7.91. The summed E-state index contributed by atoms with van der Waals surface area (Å²) in [6, 6.07) is 10.2. The standard InChI is InChI=1S/C23H27N3O2/c1-15-13-21(16(2)26(15)20-7-5-4-6-8-20)23(27)25-19-11-9-18(10-12-19)22-14-24-17(3)28-22/h9-14,20H,4-8H2,1-3H3,(H,25,27). The zero-order valence-electron chi connectivity index (χ0n) is 16.8. The number of nitrogens with zero attached hydrogens (tertiary/aromatic N) is 2. The van der Waals surface area contributed by atoms with Gasteiger partial charge < -0.3 is 14.3 Å². The van der Waals surface area contributed by atoms with Gasteiger partial charge in [0.05, 0.1) is 11.8 Å². The number of oxazole rings is 1. The number of hydrogen-bond acceptors (Lipinski definition) is 3. The molecule has 5 nitrogen and oxygen atoms in total. The predicted molar refractivity (Wildman–Crippen MR) is 111 cm³/mol. The van der Waals surface area contributed by atoms with Gasteiger partial charge in [-0.05, 0) is 57.0 Å². The van der Waals surface area contributed by atoms with E-state index in [9.17, 15) is 4.79 Å². The Bertz CT molecular complexity index is 976. The van der Waals surface area contributed by atoms with Crippen molar-refractivity contribution in [1.82, 2.24) is 9.55 Å². The number of rotatable bonds is 4. The maximum atomic E-state index is 12.9. The average molecular weight is 377 g/mol. The van der Waals surface area contributed by atoms with Gasteiger partial charge in [-0.2, -0.15) is 0 Å². The zero-order valence-corrected chi connectivity index (χ0v) is 16.8. The van der Waals surface area contributed by atoms with E-state index in [0.29, 0.717) is 11.9 Å². The van der Waals surface area contributed by atoms with Crippen molar-refractivity contribution in [2.24, 2.45) is 0 Å². The molecule has 1 N–H and O–H groups in total. The predicted octanol–water partition coefficient (Wildman–Crippen LogP) is 5.83. The summed E-state index contributed by atoms with van der Waals surface area (Å²) in [4.78, 5) is 17.0. The Hall–Kier alpha value is -2.82. The smallest absolute Gasteiger partial charge is 0.257 e. The molecule has 4 rings (SSSR count). The van der Waals surface area contributed by atoms with Crippen LogP contribution in [0.4, 0.5) is 5.69 Å². The molecule has 0 atom stereocenters. The van der Waals surface area contributed by atoms with Gasteiger partial charge >= 0.3 is 0 Å². The Balaban J connectivity index is 1.50. The molecule has 0 radical (unpaired) electrons. The Morgan fingerprint density at radius 2 is 1.82 bits per heavy atom. The number of hydrogen-bond donors (Lipinski definition) is 1. The second kappa shape index (κ2) is 7.66. The van der Waals surface area contributed by atoms with E-state index < -0.39 is 0 Å². The number of aryl methyl sites for hydroxylation is 2. The summed E-state index contributed by atoms with van der Waals surface area (Å²) in [7, 11) is 0. The van der Waals surface area contributed by atoms with E-state index in [1.165, 1.54) is 37.8 Å². The van der Waals surface area contributed by atoms with Crippen LogP contribution < -0.4 is 5.32 Å². The van der Waals surface area contributed by atoms with Gasteiger partial charge in [0, 0.05) is 35.6 Å². The van der Waals surface area contributed by atoms with Gasteiger partial charge in [-0.3, -0.25) is 4.79 Å². The number of carbonyl (C=O) groups is 1. The molecule has 28 heavy (non-hydrogen) atoms. The number of aromatic nitrogens is 2. The highest BCUT2D eigenvalue weighted by molar-refractivity contribution is 6.05. The maximum absolute atomic E-state index is 12.9. The minimum atomic E-state index is -0.0570. The van der Waals surface area contributed by atoms with Crippen LogP contribution in [0.15, 0.2) is 40.9 Å². The number of benzene rings is 1. The Kier molecular flexibility index (Phi) is 5.07. The summed E-state index contributed by atoms with van der Waals surface area (Å²) >= 11 is 0. The molecule has 3 aromatic rings. The zero-order chi connectivity index (χ0) is 19.7. The number of amides is 1. The lowest BCUT2D eigenvalue weighted by molar-refractivity contribution is 0.102. The van der Waals surface area contributed by atoms with Gasteiger partial charge in [0.1, 0.15) is 0 Å². The minimum Gasteiger partial charge on any atom is -0.441 e. The largest absolute Gasteiger partial charge is 0.441 e. The van der Waals surface area contributed by atoms with Gasteiger partial charge in [0.15, 0.2) is 11.7 Å². The lowest BCUT2D eigenvalue weighted by atomic mass is 9.95. The van der Waals surface area contributed by atoms with Gasteiger partial charge in [-0.25, -0.2) is 4.98 Å². The van der Waals surface area contributed by atoms with Crippen molar-refractivity contribution in [3.8, 4) is 11.3 Å². The fraction of sp³-hybridized carbons (Fsp3) is 0.391. The lowest BCUT2D eigenvalue weighted by Crippen LogP contribution is -2.17. The molecule has 2 aromatic heterocycles. The normalized spacial score (nSPS) is 15.0. The van der Waals surface area contributed by atoms with Crippen LogP contribution >= 0.6 is 0 Å². The molecule has 0 unspecified atom stereocenters. The van der Waals surface area contributed by atoms with E-state index in [4.69, 9.17) is 4.42 Å². The van der Waals surface area contributed by atoms with E-state index in [1.807, 2.05) is 37.3 Å². The van der Waals surface area contributed by atoms with Crippen LogP contribution in [-0.4, -0.2) is 15.5 Å². The second-order valence-corrected chi connectivity index (χ2v) is 7.72. The molecule has 2 heterocycles. The first-order valence-electron chi connectivity index (χ1n) is 10.1.